The molecule has 0 aromatic heterocycles. The van der Waals surface area contributed by atoms with Gasteiger partial charge in [0.15, 0.2) is 0 Å². The average Bonchev–Trinajstić information content (AvgIpc) is 3.33. The predicted molar refractivity (Wildman–Crippen MR) is 128 cm³/mol. The quantitative estimate of drug-likeness (QED) is 0.348. The van der Waals surface area contributed by atoms with Gasteiger partial charge in [-0.2, -0.15) is 26.3 Å². The summed E-state index contributed by atoms with van der Waals surface area (Å²) in [5.74, 6) is -1.92. The maximum atomic E-state index is 14.6. The lowest BCUT2D eigenvalue weighted by Gasteiger charge is -2.37. The van der Waals surface area contributed by atoms with Gasteiger partial charge in [0, 0.05) is 36.8 Å². The zero-order chi connectivity index (χ0) is 29.6. The second-order valence-electron chi connectivity index (χ2n) is 9.82. The summed E-state index contributed by atoms with van der Waals surface area (Å²) in [6.45, 7) is 0.247. The number of hydrogen-bond acceptors (Lipinski definition) is 4. The highest BCUT2D eigenvalue weighted by Crippen LogP contribution is 2.54. The molecule has 2 amide bonds. The van der Waals surface area contributed by atoms with Crippen molar-refractivity contribution in [3.63, 3.8) is 0 Å². The van der Waals surface area contributed by atoms with Crippen LogP contribution in [0.15, 0.2) is 53.4 Å². The van der Waals surface area contributed by atoms with Crippen molar-refractivity contribution in [2.75, 3.05) is 26.3 Å². The zero-order valence-corrected chi connectivity index (χ0v) is 21.6. The molecule has 40 heavy (non-hydrogen) atoms. The Morgan fingerprint density at radius 1 is 0.850 bits per heavy atom. The molecule has 2 aliphatic heterocycles. The average molecular weight is 597 g/mol. The van der Waals surface area contributed by atoms with E-state index in [1.54, 1.807) is 0 Å². The fraction of sp³-hybridized carbons (Fsp3) is 0.462. The Labute approximate surface area is 228 Å². The van der Waals surface area contributed by atoms with Gasteiger partial charge in [-0.25, -0.2) is 8.78 Å². The minimum absolute atomic E-state index is 0.0535. The van der Waals surface area contributed by atoms with E-state index in [0.717, 1.165) is 23.9 Å². The third-order valence-corrected chi connectivity index (χ3v) is 8.93. The van der Waals surface area contributed by atoms with Crippen LogP contribution in [0.5, 0.6) is 0 Å². The maximum absolute atomic E-state index is 14.6. The lowest BCUT2D eigenvalue weighted by atomic mass is 9.78. The Kier molecular flexibility index (Phi) is 7.91. The van der Waals surface area contributed by atoms with E-state index in [9.17, 15) is 44.7 Å². The fourth-order valence-electron chi connectivity index (χ4n) is 5.14. The Morgan fingerprint density at radius 2 is 1.40 bits per heavy atom. The summed E-state index contributed by atoms with van der Waals surface area (Å²) in [6, 6.07) is 7.99. The zero-order valence-electron chi connectivity index (χ0n) is 20.7. The van der Waals surface area contributed by atoms with Gasteiger partial charge in [-0.1, -0.05) is 24.3 Å². The third-order valence-electron chi connectivity index (χ3n) is 7.46. The molecule has 2 heterocycles. The number of carbonyl (C=O) groups excluding carboxylic acids is 2. The normalized spacial score (nSPS) is 21.9. The first-order chi connectivity index (χ1) is 18.6. The molecule has 14 heteroatoms. The summed E-state index contributed by atoms with van der Waals surface area (Å²) in [4.78, 5) is 27.9. The van der Waals surface area contributed by atoms with Crippen LogP contribution in [0.4, 0.5) is 35.1 Å². The number of rotatable bonds is 6. The van der Waals surface area contributed by atoms with E-state index >= 15 is 0 Å². The number of alkyl halides is 7. The molecule has 2 N–H and O–H groups in total. The molecule has 2 fully saturated rings. The number of ether oxygens (including phenoxy) is 1. The van der Waals surface area contributed by atoms with Crippen molar-refractivity contribution < 1.29 is 49.4 Å². The van der Waals surface area contributed by atoms with Crippen LogP contribution in [0.25, 0.3) is 0 Å². The van der Waals surface area contributed by atoms with Gasteiger partial charge in [-0.3, -0.25) is 9.59 Å². The highest BCUT2D eigenvalue weighted by Gasteiger charge is 2.73. The number of amides is 2. The predicted octanol–water partition coefficient (Wildman–Crippen LogP) is 5.62. The molecule has 0 spiro atoms. The molecule has 2 aromatic rings. The van der Waals surface area contributed by atoms with Crippen molar-refractivity contribution >= 4 is 23.6 Å². The summed E-state index contributed by atoms with van der Waals surface area (Å²) in [5, 5.41) is 0. The molecule has 0 saturated carbocycles. The minimum Gasteiger partial charge on any atom is -0.381 e. The minimum atomic E-state index is -6.27. The van der Waals surface area contributed by atoms with E-state index in [1.807, 2.05) is 0 Å². The van der Waals surface area contributed by atoms with Gasteiger partial charge in [0.05, 0.1) is 4.75 Å². The van der Waals surface area contributed by atoms with Gasteiger partial charge >= 0.3 is 18.0 Å². The molecule has 5 nitrogen and oxygen atoms in total. The van der Waals surface area contributed by atoms with Gasteiger partial charge in [0.2, 0.25) is 11.8 Å². The molecule has 2 aromatic carbocycles. The number of nitrogens with zero attached hydrogens (tertiary/aromatic N) is 1. The number of thioether (sulfide) groups is 1. The number of benzene rings is 2. The maximum Gasteiger partial charge on any atom is 0.435 e. The number of likely N-dealkylation sites (tertiary alicyclic amines) is 1. The number of primary amides is 1. The van der Waals surface area contributed by atoms with Crippen molar-refractivity contribution in [2.45, 2.75) is 46.9 Å². The van der Waals surface area contributed by atoms with Crippen LogP contribution >= 0.6 is 11.8 Å². The summed E-state index contributed by atoms with van der Waals surface area (Å²) in [5.41, 5.74) is -2.93. The van der Waals surface area contributed by atoms with E-state index in [-0.39, 0.29) is 51.1 Å². The molecule has 0 bridgehead atoms. The van der Waals surface area contributed by atoms with E-state index in [2.05, 4.69) is 0 Å². The molecular weight excluding hydrogens is 572 g/mol. The van der Waals surface area contributed by atoms with E-state index in [4.69, 9.17) is 10.5 Å². The molecule has 4 rings (SSSR count). The molecule has 2 aliphatic rings. The van der Waals surface area contributed by atoms with E-state index in [1.165, 1.54) is 29.2 Å². The van der Waals surface area contributed by atoms with Gasteiger partial charge < -0.3 is 15.4 Å². The summed E-state index contributed by atoms with van der Waals surface area (Å²) in [6.07, 6.45) is -12.3. The van der Waals surface area contributed by atoms with Crippen LogP contribution in [0, 0.1) is 11.2 Å². The lowest BCUT2D eigenvalue weighted by molar-refractivity contribution is -0.348. The molecule has 218 valence electrons. The van der Waals surface area contributed by atoms with Crippen molar-refractivity contribution in [3.8, 4) is 0 Å². The van der Waals surface area contributed by atoms with Crippen molar-refractivity contribution in [1.29, 1.82) is 0 Å². The summed E-state index contributed by atoms with van der Waals surface area (Å²) in [7, 11) is 0. The smallest absolute Gasteiger partial charge is 0.381 e. The van der Waals surface area contributed by atoms with Crippen LogP contribution < -0.4 is 5.73 Å². The SMILES string of the molecule is NC(=O)C1(C(=O)N2CC[C@@](Sc3ccc(F)cc3)(c3ccc(C(F)(C(F)(F)F)C(F)(F)F)cc3)C2)CCOCC1. The Morgan fingerprint density at radius 3 is 1.90 bits per heavy atom. The molecule has 1 atom stereocenters. The first kappa shape index (κ1) is 30.1. The van der Waals surface area contributed by atoms with Gasteiger partial charge in [-0.15, -0.1) is 11.8 Å². The van der Waals surface area contributed by atoms with E-state index in [0.29, 0.717) is 17.0 Å². The van der Waals surface area contributed by atoms with Crippen LogP contribution in [-0.4, -0.2) is 55.4 Å². The first-order valence-corrected chi connectivity index (χ1v) is 12.9. The summed E-state index contributed by atoms with van der Waals surface area (Å²) < 4.78 is 112. The lowest BCUT2D eigenvalue weighted by Crippen LogP contribution is -2.53. The standard InChI is InChI=1S/C26H24F8N2O3S/c27-18-5-7-19(8-6-18)40-23(9-12-36(15-23)21(38)22(20(35)37)10-13-39-14-11-22)16-1-3-17(4-2-16)24(28,25(29,30)31)26(32,33)34/h1-8H,9-15H2,(H2,35,37)/t23-/m0/s1. The summed E-state index contributed by atoms with van der Waals surface area (Å²) >= 11 is 1.12. The van der Waals surface area contributed by atoms with Crippen LogP contribution in [0.1, 0.15) is 30.4 Å². The third kappa shape index (κ3) is 5.15. The molecule has 0 unspecified atom stereocenters. The monoisotopic (exact) mass is 596 g/mol. The number of halogens is 8. The Bertz CT molecular complexity index is 1230. The first-order valence-electron chi connectivity index (χ1n) is 12.1. The van der Waals surface area contributed by atoms with Crippen LogP contribution in [0.3, 0.4) is 0 Å². The van der Waals surface area contributed by atoms with Crippen molar-refractivity contribution in [2.24, 2.45) is 11.1 Å². The Balaban J connectivity index is 1.73. The molecule has 2 saturated heterocycles. The van der Waals surface area contributed by atoms with Crippen LogP contribution in [0.2, 0.25) is 0 Å². The highest BCUT2D eigenvalue weighted by atomic mass is 32.2. The van der Waals surface area contributed by atoms with Crippen LogP contribution in [-0.2, 0) is 24.7 Å². The number of hydrogen-bond donors (Lipinski definition) is 1. The molecular formula is C26H24F8N2O3S. The van der Waals surface area contributed by atoms with Gasteiger partial charge in [0.1, 0.15) is 11.2 Å². The Hall–Kier alpha value is -2.87. The van der Waals surface area contributed by atoms with E-state index < -0.39 is 51.4 Å². The second kappa shape index (κ2) is 10.5. The largest absolute Gasteiger partial charge is 0.435 e. The molecule has 0 radical (unpaired) electrons. The van der Waals surface area contributed by atoms with Crippen molar-refractivity contribution in [1.82, 2.24) is 4.90 Å². The second-order valence-corrected chi connectivity index (χ2v) is 11.3. The number of nitrogens with two attached hydrogens (primary N) is 1. The van der Waals surface area contributed by atoms with Gasteiger partial charge in [0.25, 0.3) is 0 Å². The number of carbonyl (C=O) groups is 2. The fourth-order valence-corrected chi connectivity index (χ4v) is 6.53. The topological polar surface area (TPSA) is 72.6 Å². The molecule has 0 aliphatic carbocycles. The van der Waals surface area contributed by atoms with Crippen molar-refractivity contribution in [3.05, 3.63) is 65.5 Å². The van der Waals surface area contributed by atoms with Gasteiger partial charge in [-0.05, 0) is 49.1 Å². The highest BCUT2D eigenvalue weighted by molar-refractivity contribution is 8.00.